The van der Waals surface area contributed by atoms with Crippen LogP contribution in [0.1, 0.15) is 45.4 Å². The number of amides is 1. The molecule has 1 saturated heterocycles. The first-order chi connectivity index (χ1) is 8.74. The van der Waals surface area contributed by atoms with E-state index >= 15 is 0 Å². The van der Waals surface area contributed by atoms with Crippen LogP contribution in [-0.2, 0) is 9.53 Å². The van der Waals surface area contributed by atoms with E-state index < -0.39 is 0 Å². The van der Waals surface area contributed by atoms with Gasteiger partial charge in [-0.3, -0.25) is 4.79 Å². The van der Waals surface area contributed by atoms with Crippen LogP contribution < -0.4 is 10.6 Å². The second-order valence-electron chi connectivity index (χ2n) is 6.04. The monoisotopic (exact) mass is 252 g/mol. The van der Waals surface area contributed by atoms with Gasteiger partial charge >= 0.3 is 0 Å². The SMILES string of the molecule is CCOC1CC(NC2CNC(=O)C2)C12CCCC2. The molecular weight excluding hydrogens is 228 g/mol. The van der Waals surface area contributed by atoms with Gasteiger partial charge in [-0.2, -0.15) is 0 Å². The Morgan fingerprint density at radius 1 is 1.44 bits per heavy atom. The molecule has 2 saturated carbocycles. The minimum absolute atomic E-state index is 0.189. The van der Waals surface area contributed by atoms with Crippen LogP contribution >= 0.6 is 0 Å². The predicted octanol–water partition coefficient (Wildman–Crippen LogP) is 1.20. The van der Waals surface area contributed by atoms with Crippen molar-refractivity contribution in [2.45, 2.75) is 63.6 Å². The largest absolute Gasteiger partial charge is 0.378 e. The molecule has 4 nitrogen and oxygen atoms in total. The molecule has 3 atom stereocenters. The topological polar surface area (TPSA) is 50.4 Å². The van der Waals surface area contributed by atoms with Crippen LogP contribution in [0.2, 0.25) is 0 Å². The van der Waals surface area contributed by atoms with Crippen molar-refractivity contribution in [1.82, 2.24) is 10.6 Å². The van der Waals surface area contributed by atoms with Gasteiger partial charge in [0.15, 0.2) is 0 Å². The molecule has 3 fully saturated rings. The standard InChI is InChI=1S/C14H24N2O2/c1-2-18-12-8-11(14(12)5-3-4-6-14)16-10-7-13(17)15-9-10/h10-12,16H,2-9H2,1H3,(H,15,17). The predicted molar refractivity (Wildman–Crippen MR) is 69.3 cm³/mol. The van der Waals surface area contributed by atoms with Gasteiger partial charge in [0.1, 0.15) is 0 Å². The molecule has 3 rings (SSSR count). The van der Waals surface area contributed by atoms with Gasteiger partial charge < -0.3 is 15.4 Å². The van der Waals surface area contributed by atoms with Crippen molar-refractivity contribution in [3.05, 3.63) is 0 Å². The quantitative estimate of drug-likeness (QED) is 0.790. The van der Waals surface area contributed by atoms with Crippen molar-refractivity contribution in [2.24, 2.45) is 5.41 Å². The van der Waals surface area contributed by atoms with Crippen LogP contribution in [0.5, 0.6) is 0 Å². The van der Waals surface area contributed by atoms with E-state index in [4.69, 9.17) is 4.74 Å². The average molecular weight is 252 g/mol. The molecule has 2 aliphatic carbocycles. The lowest BCUT2D eigenvalue weighted by molar-refractivity contribution is -0.132. The zero-order valence-corrected chi connectivity index (χ0v) is 11.2. The van der Waals surface area contributed by atoms with Crippen molar-refractivity contribution in [3.63, 3.8) is 0 Å². The lowest BCUT2D eigenvalue weighted by atomic mass is 9.60. The molecule has 1 amide bonds. The second kappa shape index (κ2) is 4.82. The highest BCUT2D eigenvalue weighted by Gasteiger charge is 2.56. The van der Waals surface area contributed by atoms with Gasteiger partial charge in [0.05, 0.1) is 6.10 Å². The van der Waals surface area contributed by atoms with Gasteiger partial charge in [-0.1, -0.05) is 12.8 Å². The van der Waals surface area contributed by atoms with E-state index in [0.29, 0.717) is 30.0 Å². The van der Waals surface area contributed by atoms with E-state index in [2.05, 4.69) is 17.6 Å². The maximum atomic E-state index is 11.2. The highest BCUT2D eigenvalue weighted by atomic mass is 16.5. The number of carbonyl (C=O) groups is 1. The van der Waals surface area contributed by atoms with Crippen molar-refractivity contribution in [1.29, 1.82) is 0 Å². The summed E-state index contributed by atoms with van der Waals surface area (Å²) < 4.78 is 5.91. The Bertz CT molecular complexity index is 326. The zero-order valence-electron chi connectivity index (χ0n) is 11.2. The number of ether oxygens (including phenoxy) is 1. The van der Waals surface area contributed by atoms with Crippen molar-refractivity contribution < 1.29 is 9.53 Å². The zero-order chi connectivity index (χ0) is 12.6. The van der Waals surface area contributed by atoms with E-state index in [1.165, 1.54) is 25.7 Å². The third-order valence-corrected chi connectivity index (χ3v) is 5.10. The molecule has 1 spiro atoms. The van der Waals surface area contributed by atoms with E-state index in [-0.39, 0.29) is 5.91 Å². The van der Waals surface area contributed by atoms with Crippen molar-refractivity contribution in [2.75, 3.05) is 13.2 Å². The van der Waals surface area contributed by atoms with Crippen LogP contribution in [0, 0.1) is 5.41 Å². The summed E-state index contributed by atoms with van der Waals surface area (Å²) in [6, 6.07) is 0.900. The number of hydrogen-bond donors (Lipinski definition) is 2. The summed E-state index contributed by atoms with van der Waals surface area (Å²) in [5, 5.41) is 6.61. The first-order valence-corrected chi connectivity index (χ1v) is 7.39. The van der Waals surface area contributed by atoms with Gasteiger partial charge in [0.2, 0.25) is 5.91 Å². The van der Waals surface area contributed by atoms with Crippen molar-refractivity contribution in [3.8, 4) is 0 Å². The Kier molecular flexibility index (Phi) is 3.32. The first-order valence-electron chi connectivity index (χ1n) is 7.39. The molecule has 1 aliphatic heterocycles. The lowest BCUT2D eigenvalue weighted by Gasteiger charge is -2.55. The Morgan fingerprint density at radius 2 is 2.22 bits per heavy atom. The normalized spacial score (nSPS) is 37.8. The van der Waals surface area contributed by atoms with Gasteiger partial charge in [-0.25, -0.2) is 0 Å². The summed E-state index contributed by atoms with van der Waals surface area (Å²) in [4.78, 5) is 11.2. The molecule has 0 bridgehead atoms. The molecule has 1 heterocycles. The third-order valence-electron chi connectivity index (χ3n) is 5.10. The second-order valence-corrected chi connectivity index (χ2v) is 6.04. The van der Waals surface area contributed by atoms with Crippen LogP contribution in [0.3, 0.4) is 0 Å². The Morgan fingerprint density at radius 3 is 2.83 bits per heavy atom. The molecule has 0 aromatic heterocycles. The number of rotatable bonds is 4. The number of nitrogens with one attached hydrogen (secondary N) is 2. The molecule has 18 heavy (non-hydrogen) atoms. The van der Waals surface area contributed by atoms with E-state index in [1.807, 2.05) is 0 Å². The molecule has 3 aliphatic rings. The Labute approximate surface area is 109 Å². The average Bonchev–Trinajstić information content (AvgIpc) is 2.98. The molecule has 2 N–H and O–H groups in total. The van der Waals surface area contributed by atoms with E-state index in [0.717, 1.165) is 19.6 Å². The molecule has 3 unspecified atom stereocenters. The fraction of sp³-hybridized carbons (Fsp3) is 0.929. The smallest absolute Gasteiger partial charge is 0.221 e. The van der Waals surface area contributed by atoms with Gasteiger partial charge in [0, 0.05) is 37.1 Å². The summed E-state index contributed by atoms with van der Waals surface area (Å²) in [5.41, 5.74) is 0.377. The highest BCUT2D eigenvalue weighted by molar-refractivity contribution is 5.78. The summed E-state index contributed by atoms with van der Waals surface area (Å²) >= 11 is 0. The summed E-state index contributed by atoms with van der Waals surface area (Å²) in [7, 11) is 0. The molecule has 0 radical (unpaired) electrons. The molecular formula is C14H24N2O2. The summed E-state index contributed by atoms with van der Waals surface area (Å²) in [6.45, 7) is 3.70. The summed E-state index contributed by atoms with van der Waals surface area (Å²) in [6.07, 6.45) is 7.48. The summed E-state index contributed by atoms with van der Waals surface area (Å²) in [5.74, 6) is 0.189. The number of carbonyl (C=O) groups excluding carboxylic acids is 1. The minimum Gasteiger partial charge on any atom is -0.378 e. The minimum atomic E-state index is 0.189. The molecule has 102 valence electrons. The maximum Gasteiger partial charge on any atom is 0.221 e. The fourth-order valence-electron chi connectivity index (χ4n) is 4.13. The van der Waals surface area contributed by atoms with Crippen LogP contribution in [-0.4, -0.2) is 37.2 Å². The van der Waals surface area contributed by atoms with Gasteiger partial charge in [-0.15, -0.1) is 0 Å². The number of hydrogen-bond acceptors (Lipinski definition) is 3. The van der Waals surface area contributed by atoms with Crippen molar-refractivity contribution >= 4 is 5.91 Å². The van der Waals surface area contributed by atoms with E-state index in [9.17, 15) is 4.79 Å². The van der Waals surface area contributed by atoms with Gasteiger partial charge in [0.25, 0.3) is 0 Å². The third kappa shape index (κ3) is 1.95. The maximum absolute atomic E-state index is 11.2. The lowest BCUT2D eigenvalue weighted by Crippen LogP contribution is -2.64. The Hall–Kier alpha value is -0.610. The van der Waals surface area contributed by atoms with Gasteiger partial charge in [-0.05, 0) is 26.2 Å². The Balaban J connectivity index is 1.61. The van der Waals surface area contributed by atoms with Crippen LogP contribution in [0.4, 0.5) is 0 Å². The van der Waals surface area contributed by atoms with E-state index in [1.54, 1.807) is 0 Å². The first kappa shape index (κ1) is 12.4. The molecule has 0 aromatic carbocycles. The van der Waals surface area contributed by atoms with Crippen LogP contribution in [0.15, 0.2) is 0 Å². The highest BCUT2D eigenvalue weighted by Crippen LogP contribution is 2.54. The molecule has 4 heteroatoms. The fourth-order valence-corrected chi connectivity index (χ4v) is 4.13. The van der Waals surface area contributed by atoms with Crippen LogP contribution in [0.25, 0.3) is 0 Å². The molecule has 0 aromatic rings.